The summed E-state index contributed by atoms with van der Waals surface area (Å²) in [4.78, 5) is 15.9. The highest BCUT2D eigenvalue weighted by Gasteiger charge is 2.13. The van der Waals surface area contributed by atoms with Crippen molar-refractivity contribution < 1.29 is 4.42 Å². The summed E-state index contributed by atoms with van der Waals surface area (Å²) in [5.41, 5.74) is 0.0913. The van der Waals surface area contributed by atoms with Crippen molar-refractivity contribution >= 4 is 16.9 Å². The Morgan fingerprint density at radius 3 is 2.62 bits per heavy atom. The third kappa shape index (κ3) is 2.21. The third-order valence-electron chi connectivity index (χ3n) is 2.02. The standard InChI is InChI=1S/C12H14N2O2/c1-12(2,3)14-11-13-9-7-5-4-6-8(9)10(15)16-11/h4-7H,1-3H3,(H,13,14). The Balaban J connectivity index is 2.54. The Morgan fingerprint density at radius 1 is 1.25 bits per heavy atom. The Kier molecular flexibility index (Phi) is 2.42. The molecule has 0 fully saturated rings. The van der Waals surface area contributed by atoms with E-state index in [0.29, 0.717) is 10.9 Å². The number of hydrogen-bond acceptors (Lipinski definition) is 4. The number of hydrogen-bond donors (Lipinski definition) is 1. The quantitative estimate of drug-likeness (QED) is 0.798. The molecule has 2 aromatic rings. The molecule has 0 unspecified atom stereocenters. The predicted octanol–water partition coefficient (Wildman–Crippen LogP) is 2.40. The van der Waals surface area contributed by atoms with Crippen LogP contribution in [0.15, 0.2) is 33.5 Å². The fraction of sp³-hybridized carbons (Fsp3) is 0.333. The second-order valence-electron chi connectivity index (χ2n) is 4.70. The second-order valence-corrected chi connectivity index (χ2v) is 4.70. The first-order chi connectivity index (χ1) is 7.46. The lowest BCUT2D eigenvalue weighted by Gasteiger charge is -2.19. The van der Waals surface area contributed by atoms with Gasteiger partial charge in [0.2, 0.25) is 0 Å². The molecule has 0 bridgehead atoms. The molecule has 0 saturated carbocycles. The molecule has 1 heterocycles. The van der Waals surface area contributed by atoms with Gasteiger partial charge in [0.1, 0.15) is 0 Å². The van der Waals surface area contributed by atoms with Crippen LogP contribution in [0.2, 0.25) is 0 Å². The van der Waals surface area contributed by atoms with E-state index in [-0.39, 0.29) is 17.2 Å². The monoisotopic (exact) mass is 218 g/mol. The second kappa shape index (κ2) is 3.63. The van der Waals surface area contributed by atoms with E-state index in [9.17, 15) is 4.79 Å². The maximum Gasteiger partial charge on any atom is 0.348 e. The molecule has 16 heavy (non-hydrogen) atoms. The number of fused-ring (bicyclic) bond motifs is 1. The molecule has 84 valence electrons. The van der Waals surface area contributed by atoms with E-state index in [1.807, 2.05) is 26.8 Å². The number of anilines is 1. The number of rotatable bonds is 1. The third-order valence-corrected chi connectivity index (χ3v) is 2.02. The van der Waals surface area contributed by atoms with Gasteiger partial charge < -0.3 is 9.73 Å². The van der Waals surface area contributed by atoms with Crippen molar-refractivity contribution in [3.8, 4) is 0 Å². The maximum absolute atomic E-state index is 11.6. The lowest BCUT2D eigenvalue weighted by molar-refractivity contribution is 0.490. The van der Waals surface area contributed by atoms with E-state index in [4.69, 9.17) is 4.42 Å². The zero-order chi connectivity index (χ0) is 11.8. The van der Waals surface area contributed by atoms with Gasteiger partial charge in [0.25, 0.3) is 6.01 Å². The van der Waals surface area contributed by atoms with E-state index in [0.717, 1.165) is 0 Å². The van der Waals surface area contributed by atoms with Gasteiger partial charge in [-0.25, -0.2) is 4.79 Å². The molecule has 1 N–H and O–H groups in total. The van der Waals surface area contributed by atoms with Crippen LogP contribution in [0.25, 0.3) is 10.9 Å². The van der Waals surface area contributed by atoms with Crippen molar-refractivity contribution in [2.24, 2.45) is 0 Å². The van der Waals surface area contributed by atoms with Crippen LogP contribution >= 0.6 is 0 Å². The topological polar surface area (TPSA) is 55.1 Å². The van der Waals surface area contributed by atoms with E-state index in [2.05, 4.69) is 10.3 Å². The molecule has 0 amide bonds. The van der Waals surface area contributed by atoms with Crippen LogP contribution < -0.4 is 10.9 Å². The minimum absolute atomic E-state index is 0.189. The van der Waals surface area contributed by atoms with Crippen molar-refractivity contribution in [2.45, 2.75) is 26.3 Å². The van der Waals surface area contributed by atoms with E-state index in [1.54, 1.807) is 18.2 Å². The Hall–Kier alpha value is -1.84. The smallest absolute Gasteiger partial charge is 0.348 e. The Bertz CT molecular complexity index is 567. The normalized spacial score (nSPS) is 11.7. The Labute approximate surface area is 93.3 Å². The molecule has 0 aliphatic carbocycles. The van der Waals surface area contributed by atoms with E-state index >= 15 is 0 Å². The fourth-order valence-corrected chi connectivity index (χ4v) is 1.39. The molecule has 0 saturated heterocycles. The van der Waals surface area contributed by atoms with Crippen LogP contribution in [0.5, 0.6) is 0 Å². The number of aromatic nitrogens is 1. The summed E-state index contributed by atoms with van der Waals surface area (Å²) < 4.78 is 5.09. The molecular formula is C12H14N2O2. The SMILES string of the molecule is CC(C)(C)Nc1nc2ccccc2c(=O)o1. The number of benzene rings is 1. The average Bonchev–Trinajstić information content (AvgIpc) is 2.15. The van der Waals surface area contributed by atoms with Crippen LogP contribution in [0, 0.1) is 0 Å². The summed E-state index contributed by atoms with van der Waals surface area (Å²) in [5.74, 6) is 0. The van der Waals surface area contributed by atoms with Crippen LogP contribution in [-0.4, -0.2) is 10.5 Å². The summed E-state index contributed by atoms with van der Waals surface area (Å²) in [6.07, 6.45) is 0. The van der Waals surface area contributed by atoms with Gasteiger partial charge in [0, 0.05) is 5.54 Å². The molecule has 0 spiro atoms. The molecule has 0 aliphatic rings. The van der Waals surface area contributed by atoms with Crippen LogP contribution in [-0.2, 0) is 0 Å². The highest BCUT2D eigenvalue weighted by molar-refractivity contribution is 5.77. The maximum atomic E-state index is 11.6. The fourth-order valence-electron chi connectivity index (χ4n) is 1.39. The molecule has 4 heteroatoms. The lowest BCUT2D eigenvalue weighted by atomic mass is 10.1. The van der Waals surface area contributed by atoms with E-state index < -0.39 is 0 Å². The number of nitrogens with one attached hydrogen (secondary N) is 1. The van der Waals surface area contributed by atoms with Crippen LogP contribution in [0.3, 0.4) is 0 Å². The van der Waals surface area contributed by atoms with Gasteiger partial charge in [0.05, 0.1) is 10.9 Å². The van der Waals surface area contributed by atoms with Gasteiger partial charge in [-0.1, -0.05) is 12.1 Å². The van der Waals surface area contributed by atoms with Crippen LogP contribution in [0.1, 0.15) is 20.8 Å². The van der Waals surface area contributed by atoms with Crippen molar-refractivity contribution in [3.05, 3.63) is 34.7 Å². The summed E-state index contributed by atoms with van der Waals surface area (Å²) in [5, 5.41) is 3.54. The minimum Gasteiger partial charge on any atom is -0.389 e. The first-order valence-electron chi connectivity index (χ1n) is 5.14. The molecule has 2 rings (SSSR count). The Morgan fingerprint density at radius 2 is 1.94 bits per heavy atom. The van der Waals surface area contributed by atoms with Gasteiger partial charge in [-0.05, 0) is 32.9 Å². The van der Waals surface area contributed by atoms with Gasteiger partial charge in [-0.15, -0.1) is 0 Å². The summed E-state index contributed by atoms with van der Waals surface area (Å²) in [6, 6.07) is 7.39. The largest absolute Gasteiger partial charge is 0.389 e. The number of nitrogens with zero attached hydrogens (tertiary/aromatic N) is 1. The summed E-state index contributed by atoms with van der Waals surface area (Å²) >= 11 is 0. The van der Waals surface area contributed by atoms with Crippen molar-refractivity contribution in [2.75, 3.05) is 5.32 Å². The zero-order valence-corrected chi connectivity index (χ0v) is 9.57. The highest BCUT2D eigenvalue weighted by atomic mass is 16.4. The molecule has 0 radical (unpaired) electrons. The summed E-state index contributed by atoms with van der Waals surface area (Å²) in [6.45, 7) is 5.93. The first-order valence-corrected chi connectivity index (χ1v) is 5.14. The zero-order valence-electron chi connectivity index (χ0n) is 9.57. The van der Waals surface area contributed by atoms with Crippen molar-refractivity contribution in [3.63, 3.8) is 0 Å². The lowest BCUT2D eigenvalue weighted by Crippen LogP contribution is -2.27. The molecular weight excluding hydrogens is 204 g/mol. The van der Waals surface area contributed by atoms with Crippen LogP contribution in [0.4, 0.5) is 6.01 Å². The van der Waals surface area contributed by atoms with Crippen molar-refractivity contribution in [1.82, 2.24) is 4.98 Å². The highest BCUT2D eigenvalue weighted by Crippen LogP contribution is 2.14. The van der Waals surface area contributed by atoms with E-state index in [1.165, 1.54) is 0 Å². The van der Waals surface area contributed by atoms with Gasteiger partial charge in [-0.3, -0.25) is 0 Å². The first kappa shape index (κ1) is 10.7. The molecule has 0 atom stereocenters. The van der Waals surface area contributed by atoms with Crippen molar-refractivity contribution in [1.29, 1.82) is 0 Å². The molecule has 1 aromatic heterocycles. The number of para-hydroxylation sites is 1. The summed E-state index contributed by atoms with van der Waals surface area (Å²) in [7, 11) is 0. The molecule has 4 nitrogen and oxygen atoms in total. The average molecular weight is 218 g/mol. The van der Waals surface area contributed by atoms with Gasteiger partial charge in [0.15, 0.2) is 0 Å². The van der Waals surface area contributed by atoms with Gasteiger partial charge in [-0.2, -0.15) is 4.98 Å². The molecule has 0 aliphatic heterocycles. The minimum atomic E-state index is -0.364. The predicted molar refractivity (Wildman–Crippen MR) is 63.7 cm³/mol. The molecule has 1 aromatic carbocycles. The van der Waals surface area contributed by atoms with Gasteiger partial charge >= 0.3 is 5.63 Å².